The molecule has 0 rings (SSSR count). The van der Waals surface area contributed by atoms with Gasteiger partial charge < -0.3 is 4.74 Å². The van der Waals surface area contributed by atoms with Crippen LogP contribution in [0.3, 0.4) is 0 Å². The van der Waals surface area contributed by atoms with Gasteiger partial charge in [-0.2, -0.15) is 0 Å². The molecule has 0 amide bonds. The average Bonchev–Trinajstić information content (AvgIpc) is 2.21. The van der Waals surface area contributed by atoms with Gasteiger partial charge in [-0.05, 0) is 25.2 Å². The number of hydrogen-bond acceptors (Lipinski definition) is 2. The molecule has 0 aliphatic carbocycles. The first-order chi connectivity index (χ1) is 6.97. The van der Waals surface area contributed by atoms with E-state index in [1.807, 2.05) is 13.0 Å². The van der Waals surface area contributed by atoms with Crippen LogP contribution in [0.25, 0.3) is 0 Å². The Morgan fingerprint density at radius 1 is 1.33 bits per heavy atom. The molecule has 0 spiro atoms. The van der Waals surface area contributed by atoms with E-state index in [1.54, 1.807) is 0 Å². The zero-order chi connectivity index (χ0) is 11.8. The molecule has 0 radical (unpaired) electrons. The van der Waals surface area contributed by atoms with Crippen LogP contribution in [0.5, 0.6) is 0 Å². The minimum Gasteiger partial charge on any atom is -0.462 e. The number of allylic oxidation sites excluding steroid dienone is 1. The highest BCUT2D eigenvalue weighted by atomic mass is 16.5. The van der Waals surface area contributed by atoms with Gasteiger partial charge in [-0.1, -0.05) is 40.2 Å². The van der Waals surface area contributed by atoms with Crippen molar-refractivity contribution in [3.8, 4) is 0 Å². The fraction of sp³-hybridized carbons (Fsp3) is 0.769. The summed E-state index contributed by atoms with van der Waals surface area (Å²) in [5, 5.41) is 0. The van der Waals surface area contributed by atoms with E-state index in [0.717, 1.165) is 18.4 Å². The quantitative estimate of drug-likeness (QED) is 0.497. The molecule has 0 N–H and O–H groups in total. The molecule has 0 saturated carbocycles. The van der Waals surface area contributed by atoms with E-state index in [4.69, 9.17) is 4.74 Å². The Labute approximate surface area is 93.7 Å². The van der Waals surface area contributed by atoms with Crippen LogP contribution in [-0.2, 0) is 9.53 Å². The summed E-state index contributed by atoms with van der Waals surface area (Å²) in [6.07, 6.45) is 3.94. The minimum atomic E-state index is -0.170. The molecule has 0 aromatic carbocycles. The van der Waals surface area contributed by atoms with Crippen LogP contribution in [0.2, 0.25) is 0 Å². The molecule has 2 nitrogen and oxygen atoms in total. The molecule has 15 heavy (non-hydrogen) atoms. The Morgan fingerprint density at radius 3 is 2.40 bits per heavy atom. The Hall–Kier alpha value is -0.790. The van der Waals surface area contributed by atoms with E-state index in [1.165, 1.54) is 0 Å². The normalized spacial score (nSPS) is 14.1. The number of hydrogen-bond donors (Lipinski definition) is 0. The lowest BCUT2D eigenvalue weighted by Gasteiger charge is -2.09. The predicted molar refractivity (Wildman–Crippen MR) is 63.6 cm³/mol. The van der Waals surface area contributed by atoms with Crippen molar-refractivity contribution in [3.63, 3.8) is 0 Å². The molecule has 0 fully saturated rings. The topological polar surface area (TPSA) is 26.3 Å². The third-order valence-electron chi connectivity index (χ3n) is 2.41. The van der Waals surface area contributed by atoms with E-state index >= 15 is 0 Å². The van der Waals surface area contributed by atoms with Crippen molar-refractivity contribution >= 4 is 5.97 Å². The van der Waals surface area contributed by atoms with Crippen molar-refractivity contribution in [2.75, 3.05) is 6.61 Å². The molecule has 0 aliphatic heterocycles. The fourth-order valence-corrected chi connectivity index (χ4v) is 0.945. The van der Waals surface area contributed by atoms with E-state index in [0.29, 0.717) is 18.4 Å². The second-order valence-electron chi connectivity index (χ2n) is 4.63. The van der Waals surface area contributed by atoms with Crippen LogP contribution in [-0.4, -0.2) is 12.6 Å². The molecule has 0 aromatic heterocycles. The first-order valence-electron chi connectivity index (χ1n) is 5.81. The van der Waals surface area contributed by atoms with E-state index in [-0.39, 0.29) is 5.97 Å². The zero-order valence-corrected chi connectivity index (χ0v) is 10.7. The summed E-state index contributed by atoms with van der Waals surface area (Å²) >= 11 is 0. The van der Waals surface area contributed by atoms with E-state index in [9.17, 15) is 4.79 Å². The molecular weight excluding hydrogens is 188 g/mol. The summed E-state index contributed by atoms with van der Waals surface area (Å²) in [4.78, 5) is 11.5. The van der Waals surface area contributed by atoms with Crippen molar-refractivity contribution in [3.05, 3.63) is 11.6 Å². The van der Waals surface area contributed by atoms with E-state index < -0.39 is 0 Å². The fourth-order valence-electron chi connectivity index (χ4n) is 0.945. The van der Waals surface area contributed by atoms with E-state index in [2.05, 4.69) is 27.7 Å². The van der Waals surface area contributed by atoms with Crippen molar-refractivity contribution in [1.82, 2.24) is 0 Å². The van der Waals surface area contributed by atoms with Gasteiger partial charge >= 0.3 is 5.97 Å². The maximum atomic E-state index is 11.5. The molecule has 0 heterocycles. The summed E-state index contributed by atoms with van der Waals surface area (Å²) in [7, 11) is 0. The van der Waals surface area contributed by atoms with Crippen LogP contribution in [0.1, 0.15) is 47.5 Å². The lowest BCUT2D eigenvalue weighted by atomic mass is 10.1. The van der Waals surface area contributed by atoms with Gasteiger partial charge in [-0.25, -0.2) is 4.79 Å². The highest BCUT2D eigenvalue weighted by Gasteiger charge is 2.07. The average molecular weight is 212 g/mol. The lowest BCUT2D eigenvalue weighted by molar-refractivity contribution is -0.140. The molecular formula is C13H24O2. The summed E-state index contributed by atoms with van der Waals surface area (Å²) in [5.41, 5.74) is 0.729. The second kappa shape index (κ2) is 7.49. The molecule has 1 atom stereocenters. The third kappa shape index (κ3) is 7.18. The summed E-state index contributed by atoms with van der Waals surface area (Å²) in [5.74, 6) is 0.866. The Bertz CT molecular complexity index is 217. The molecule has 0 aliphatic rings. The van der Waals surface area contributed by atoms with Gasteiger partial charge in [-0.3, -0.25) is 0 Å². The first kappa shape index (κ1) is 14.2. The van der Waals surface area contributed by atoms with Crippen LogP contribution in [0.15, 0.2) is 11.6 Å². The third-order valence-corrected chi connectivity index (χ3v) is 2.41. The van der Waals surface area contributed by atoms with Gasteiger partial charge in [0.2, 0.25) is 0 Å². The Morgan fingerprint density at radius 2 is 1.93 bits per heavy atom. The van der Waals surface area contributed by atoms with Crippen LogP contribution < -0.4 is 0 Å². The highest BCUT2D eigenvalue weighted by Crippen LogP contribution is 2.07. The Kier molecular flexibility index (Phi) is 7.10. The van der Waals surface area contributed by atoms with Crippen molar-refractivity contribution < 1.29 is 9.53 Å². The molecule has 0 bridgehead atoms. The molecule has 0 aromatic rings. The predicted octanol–water partition coefficient (Wildman–Crippen LogP) is 3.57. The Balaban J connectivity index is 3.93. The summed E-state index contributed by atoms with van der Waals surface area (Å²) in [6.45, 7) is 10.8. The molecule has 0 saturated heterocycles. The molecule has 88 valence electrons. The smallest absolute Gasteiger partial charge is 0.333 e. The summed E-state index contributed by atoms with van der Waals surface area (Å²) < 4.78 is 5.18. The summed E-state index contributed by atoms with van der Waals surface area (Å²) in [6, 6.07) is 0. The van der Waals surface area contributed by atoms with Gasteiger partial charge in [0.1, 0.15) is 0 Å². The largest absolute Gasteiger partial charge is 0.462 e. The highest BCUT2D eigenvalue weighted by molar-refractivity contribution is 5.87. The lowest BCUT2D eigenvalue weighted by Crippen LogP contribution is -2.12. The first-order valence-corrected chi connectivity index (χ1v) is 5.81. The number of rotatable bonds is 6. The maximum Gasteiger partial charge on any atom is 0.333 e. The number of carbonyl (C=O) groups is 1. The minimum absolute atomic E-state index is 0.170. The van der Waals surface area contributed by atoms with Crippen LogP contribution in [0, 0.1) is 11.8 Å². The second-order valence-corrected chi connectivity index (χ2v) is 4.63. The van der Waals surface area contributed by atoms with Crippen LogP contribution >= 0.6 is 0 Å². The van der Waals surface area contributed by atoms with Gasteiger partial charge in [-0.15, -0.1) is 0 Å². The van der Waals surface area contributed by atoms with Gasteiger partial charge in [0.25, 0.3) is 0 Å². The number of carbonyl (C=O) groups excluding carboxylic acids is 1. The van der Waals surface area contributed by atoms with Gasteiger partial charge in [0.05, 0.1) is 6.61 Å². The maximum absolute atomic E-state index is 11.5. The van der Waals surface area contributed by atoms with Gasteiger partial charge in [0, 0.05) is 5.57 Å². The standard InChI is InChI=1S/C13H24O2/c1-6-11(4)9-15-13(14)12(5)8-7-10(2)3/h8,10-11H,6-7,9H2,1-5H3. The van der Waals surface area contributed by atoms with Crippen molar-refractivity contribution in [1.29, 1.82) is 0 Å². The SMILES string of the molecule is CCC(C)COC(=O)C(C)=CCC(C)C. The number of ether oxygens (including phenoxy) is 1. The van der Waals surface area contributed by atoms with Crippen molar-refractivity contribution in [2.24, 2.45) is 11.8 Å². The molecule has 1 unspecified atom stereocenters. The van der Waals surface area contributed by atoms with Crippen LogP contribution in [0.4, 0.5) is 0 Å². The van der Waals surface area contributed by atoms with Gasteiger partial charge in [0.15, 0.2) is 0 Å². The number of esters is 1. The zero-order valence-electron chi connectivity index (χ0n) is 10.7. The molecule has 2 heteroatoms. The van der Waals surface area contributed by atoms with Crippen molar-refractivity contribution in [2.45, 2.75) is 47.5 Å². The monoisotopic (exact) mass is 212 g/mol.